The molecule has 0 bridgehead atoms. The minimum absolute atomic E-state index is 0.384. The predicted octanol–water partition coefficient (Wildman–Crippen LogP) is 1.96. The summed E-state index contributed by atoms with van der Waals surface area (Å²) in [5.74, 6) is -1.44. The second-order valence-corrected chi connectivity index (χ2v) is 4.35. The quantitative estimate of drug-likeness (QED) is 0.892. The van der Waals surface area contributed by atoms with Crippen LogP contribution < -0.4 is 5.32 Å². The molecule has 0 fully saturated rings. The molecule has 5 heteroatoms. The summed E-state index contributed by atoms with van der Waals surface area (Å²) >= 11 is 3.33. The molecular formula is C11H12BrNO3. The number of carboxylic acids is 1. The summed E-state index contributed by atoms with van der Waals surface area (Å²) in [4.78, 5) is 22.2. The molecule has 1 aromatic rings. The Hall–Kier alpha value is -1.36. The number of rotatable bonds is 3. The smallest absolute Gasteiger partial charge is 0.325 e. The van der Waals surface area contributed by atoms with Gasteiger partial charge in [0.2, 0.25) is 0 Å². The molecule has 1 rings (SSSR count). The van der Waals surface area contributed by atoms with Crippen LogP contribution in [0.2, 0.25) is 0 Å². The van der Waals surface area contributed by atoms with Gasteiger partial charge in [0.05, 0.1) is 0 Å². The number of amides is 1. The monoisotopic (exact) mass is 285 g/mol. The van der Waals surface area contributed by atoms with Crippen LogP contribution in [0.25, 0.3) is 0 Å². The second kappa shape index (κ2) is 5.12. The van der Waals surface area contributed by atoms with Gasteiger partial charge in [-0.3, -0.25) is 9.59 Å². The Morgan fingerprint density at radius 3 is 2.56 bits per heavy atom. The third kappa shape index (κ3) is 3.06. The van der Waals surface area contributed by atoms with E-state index in [2.05, 4.69) is 21.2 Å². The lowest BCUT2D eigenvalue weighted by Gasteiger charge is -2.09. The topological polar surface area (TPSA) is 66.4 Å². The molecule has 0 saturated heterocycles. The van der Waals surface area contributed by atoms with Crippen molar-refractivity contribution in [1.82, 2.24) is 5.32 Å². The van der Waals surface area contributed by atoms with Gasteiger partial charge in [0.15, 0.2) is 0 Å². The van der Waals surface area contributed by atoms with Crippen LogP contribution in [0.5, 0.6) is 0 Å². The van der Waals surface area contributed by atoms with E-state index in [0.29, 0.717) is 5.56 Å². The van der Waals surface area contributed by atoms with E-state index in [1.165, 1.54) is 6.92 Å². The molecule has 0 aliphatic heterocycles. The van der Waals surface area contributed by atoms with Gasteiger partial charge in [-0.2, -0.15) is 0 Å². The van der Waals surface area contributed by atoms with Crippen LogP contribution in [0.4, 0.5) is 0 Å². The molecule has 0 heterocycles. The van der Waals surface area contributed by atoms with E-state index in [4.69, 9.17) is 5.11 Å². The Morgan fingerprint density at radius 2 is 2.06 bits per heavy atom. The number of carbonyl (C=O) groups is 2. The maximum absolute atomic E-state index is 11.6. The Labute approximate surface area is 102 Å². The number of benzene rings is 1. The highest BCUT2D eigenvalue weighted by atomic mass is 79.9. The molecule has 0 saturated carbocycles. The standard InChI is InChI=1S/C11H12BrNO3/c1-6-5-8(3-4-9(6)12)10(14)13-7(2)11(15)16/h3-5,7H,1-2H3,(H,13,14)(H,15,16). The Balaban J connectivity index is 2.81. The van der Waals surface area contributed by atoms with Gasteiger partial charge in [0.1, 0.15) is 6.04 Å². The molecule has 4 nitrogen and oxygen atoms in total. The van der Waals surface area contributed by atoms with Gasteiger partial charge in [-0.15, -0.1) is 0 Å². The average molecular weight is 286 g/mol. The molecule has 16 heavy (non-hydrogen) atoms. The zero-order chi connectivity index (χ0) is 12.3. The van der Waals surface area contributed by atoms with Crippen molar-refractivity contribution in [2.75, 3.05) is 0 Å². The van der Waals surface area contributed by atoms with E-state index < -0.39 is 12.0 Å². The van der Waals surface area contributed by atoms with Gasteiger partial charge in [0.25, 0.3) is 5.91 Å². The first kappa shape index (κ1) is 12.7. The molecule has 0 radical (unpaired) electrons. The highest BCUT2D eigenvalue weighted by Gasteiger charge is 2.15. The zero-order valence-electron chi connectivity index (χ0n) is 8.95. The van der Waals surface area contributed by atoms with Crippen molar-refractivity contribution in [2.24, 2.45) is 0 Å². The summed E-state index contributed by atoms with van der Waals surface area (Å²) < 4.78 is 0.912. The van der Waals surface area contributed by atoms with Gasteiger partial charge in [0, 0.05) is 10.0 Å². The first-order chi connectivity index (χ1) is 7.41. The fraction of sp³-hybridized carbons (Fsp3) is 0.273. The molecule has 1 amide bonds. The van der Waals surface area contributed by atoms with Gasteiger partial charge >= 0.3 is 5.97 Å². The van der Waals surface area contributed by atoms with Gasteiger partial charge in [-0.05, 0) is 37.6 Å². The number of aryl methyl sites for hydroxylation is 1. The Morgan fingerprint density at radius 1 is 1.44 bits per heavy atom. The third-order valence-electron chi connectivity index (χ3n) is 2.14. The van der Waals surface area contributed by atoms with Gasteiger partial charge in [-0.1, -0.05) is 15.9 Å². The summed E-state index contributed by atoms with van der Waals surface area (Å²) in [5, 5.41) is 11.0. The number of carbonyl (C=O) groups excluding carboxylic acids is 1. The van der Waals surface area contributed by atoms with Crippen molar-refractivity contribution in [3.63, 3.8) is 0 Å². The summed E-state index contributed by atoms with van der Waals surface area (Å²) in [6, 6.07) is 4.21. The molecule has 0 aliphatic carbocycles. The summed E-state index contributed by atoms with van der Waals surface area (Å²) in [6.45, 7) is 3.29. The normalized spacial score (nSPS) is 11.9. The van der Waals surface area contributed by atoms with Crippen LogP contribution in [0.1, 0.15) is 22.8 Å². The Kier molecular flexibility index (Phi) is 4.06. The average Bonchev–Trinajstić information content (AvgIpc) is 2.21. The van der Waals surface area contributed by atoms with Gasteiger partial charge < -0.3 is 10.4 Å². The minimum atomic E-state index is -1.05. The van der Waals surface area contributed by atoms with Crippen molar-refractivity contribution < 1.29 is 14.7 Å². The minimum Gasteiger partial charge on any atom is -0.480 e. The maximum atomic E-state index is 11.6. The molecule has 1 atom stereocenters. The highest BCUT2D eigenvalue weighted by Crippen LogP contribution is 2.17. The summed E-state index contributed by atoms with van der Waals surface area (Å²) in [7, 11) is 0. The van der Waals surface area contributed by atoms with Crippen molar-refractivity contribution in [1.29, 1.82) is 0 Å². The number of hydrogen-bond acceptors (Lipinski definition) is 2. The lowest BCUT2D eigenvalue weighted by Crippen LogP contribution is -2.38. The van der Waals surface area contributed by atoms with Crippen LogP contribution in [0, 0.1) is 6.92 Å². The number of nitrogens with one attached hydrogen (secondary N) is 1. The highest BCUT2D eigenvalue weighted by molar-refractivity contribution is 9.10. The number of aliphatic carboxylic acids is 1. The molecule has 1 aromatic carbocycles. The lowest BCUT2D eigenvalue weighted by molar-refractivity contribution is -0.138. The van der Waals surface area contributed by atoms with Crippen LogP contribution in [-0.2, 0) is 4.79 Å². The molecule has 1 unspecified atom stereocenters. The molecule has 0 aliphatic rings. The summed E-state index contributed by atoms with van der Waals surface area (Å²) in [5.41, 5.74) is 1.38. The van der Waals surface area contributed by atoms with Crippen molar-refractivity contribution in [2.45, 2.75) is 19.9 Å². The fourth-order valence-electron chi connectivity index (χ4n) is 1.13. The molecule has 0 spiro atoms. The first-order valence-corrected chi connectivity index (χ1v) is 5.51. The van der Waals surface area contributed by atoms with Gasteiger partial charge in [-0.25, -0.2) is 0 Å². The van der Waals surface area contributed by atoms with E-state index in [0.717, 1.165) is 10.0 Å². The largest absolute Gasteiger partial charge is 0.480 e. The van der Waals surface area contributed by atoms with Crippen LogP contribution in [0.3, 0.4) is 0 Å². The van der Waals surface area contributed by atoms with E-state index in [-0.39, 0.29) is 5.91 Å². The fourth-order valence-corrected chi connectivity index (χ4v) is 1.37. The molecular weight excluding hydrogens is 274 g/mol. The zero-order valence-corrected chi connectivity index (χ0v) is 10.5. The maximum Gasteiger partial charge on any atom is 0.325 e. The SMILES string of the molecule is Cc1cc(C(=O)NC(C)C(=O)O)ccc1Br. The molecule has 0 aromatic heterocycles. The number of carboxylic acid groups (broad SMARTS) is 1. The van der Waals surface area contributed by atoms with Crippen LogP contribution in [-0.4, -0.2) is 23.0 Å². The van der Waals surface area contributed by atoms with E-state index >= 15 is 0 Å². The van der Waals surface area contributed by atoms with Crippen LogP contribution in [0.15, 0.2) is 22.7 Å². The van der Waals surface area contributed by atoms with Crippen molar-refractivity contribution >= 4 is 27.8 Å². The number of hydrogen-bond donors (Lipinski definition) is 2. The summed E-state index contributed by atoms with van der Waals surface area (Å²) in [6.07, 6.45) is 0. The van der Waals surface area contributed by atoms with E-state index in [1.54, 1.807) is 18.2 Å². The predicted molar refractivity (Wildman–Crippen MR) is 63.4 cm³/mol. The van der Waals surface area contributed by atoms with E-state index in [1.807, 2.05) is 6.92 Å². The molecule has 2 N–H and O–H groups in total. The van der Waals surface area contributed by atoms with Crippen molar-refractivity contribution in [3.8, 4) is 0 Å². The van der Waals surface area contributed by atoms with Crippen molar-refractivity contribution in [3.05, 3.63) is 33.8 Å². The third-order valence-corrected chi connectivity index (χ3v) is 3.03. The second-order valence-electron chi connectivity index (χ2n) is 3.50. The molecule has 86 valence electrons. The Bertz CT molecular complexity index is 431. The van der Waals surface area contributed by atoms with E-state index in [9.17, 15) is 9.59 Å². The van der Waals surface area contributed by atoms with Crippen LogP contribution >= 0.6 is 15.9 Å². The number of halogens is 1. The first-order valence-electron chi connectivity index (χ1n) is 4.71. The lowest BCUT2D eigenvalue weighted by atomic mass is 10.1.